The number of rotatable bonds is 4. The van der Waals surface area contributed by atoms with E-state index in [9.17, 15) is 26.0 Å². The normalized spacial score (nSPS) is 12.2. The Hall–Kier alpha value is -1.52. The van der Waals surface area contributed by atoms with Gasteiger partial charge in [-0.2, -0.15) is 0 Å². The number of sulfone groups is 1. The third-order valence-electron chi connectivity index (χ3n) is 1.94. The molecule has 0 heterocycles. The van der Waals surface area contributed by atoms with Crippen molar-refractivity contribution in [1.29, 1.82) is 0 Å². The molecule has 0 bridgehead atoms. The summed E-state index contributed by atoms with van der Waals surface area (Å²) in [5.41, 5.74) is -0.332. The van der Waals surface area contributed by atoms with Crippen LogP contribution in [0.25, 0.3) is 0 Å². The van der Waals surface area contributed by atoms with Crippen molar-refractivity contribution in [1.82, 2.24) is 0 Å². The van der Waals surface area contributed by atoms with E-state index in [2.05, 4.69) is 0 Å². The lowest BCUT2D eigenvalue weighted by molar-refractivity contribution is -0.113. The maximum absolute atomic E-state index is 13.5. The highest BCUT2D eigenvalue weighted by Gasteiger charge is 2.15. The van der Waals surface area contributed by atoms with Crippen molar-refractivity contribution in [3.05, 3.63) is 24.0 Å². The van der Waals surface area contributed by atoms with E-state index in [1.165, 1.54) is 0 Å². The van der Waals surface area contributed by atoms with Gasteiger partial charge in [0.1, 0.15) is 11.6 Å². The molecule has 0 spiro atoms. The highest BCUT2D eigenvalue weighted by Crippen LogP contribution is 2.18. The molecule has 0 unspecified atom stereocenters. The molecular weight excluding hydrogens is 299 g/mol. The second kappa shape index (κ2) is 5.23. The highest BCUT2D eigenvalue weighted by atomic mass is 32.2. The summed E-state index contributed by atoms with van der Waals surface area (Å²) in [5.74, 6) is -2.76. The average Bonchev–Trinajstić information content (AvgIpc) is 2.16. The van der Waals surface area contributed by atoms with Gasteiger partial charge in [-0.1, -0.05) is 0 Å². The lowest BCUT2D eigenvalue weighted by atomic mass is 10.3. The molecule has 1 aromatic carbocycles. The summed E-state index contributed by atoms with van der Waals surface area (Å²) in [7, 11) is -7.59. The quantitative estimate of drug-likeness (QED) is 0.772. The first kappa shape index (κ1) is 15.5. The lowest BCUT2D eigenvalue weighted by Gasteiger charge is -2.07. The van der Waals surface area contributed by atoms with Gasteiger partial charge in [-0.25, -0.2) is 26.4 Å². The summed E-state index contributed by atoms with van der Waals surface area (Å²) in [6, 6.07) is 2.61. The standard InChI is InChI=1S/C9H11FN2O5S2/c1-18(14,15)5-9(13)12-8-3-2-6(4-7(8)10)19(11,16)17/h2-4H,5H2,1H3,(H,12,13)(H2,11,16,17). The zero-order chi connectivity index (χ0) is 14.8. The summed E-state index contributed by atoms with van der Waals surface area (Å²) in [5, 5.41) is 6.82. The lowest BCUT2D eigenvalue weighted by Crippen LogP contribution is -2.22. The van der Waals surface area contributed by atoms with E-state index in [1.807, 2.05) is 5.32 Å². The van der Waals surface area contributed by atoms with Gasteiger partial charge in [-0.05, 0) is 18.2 Å². The van der Waals surface area contributed by atoms with E-state index in [0.29, 0.717) is 6.07 Å². The Kier molecular flexibility index (Phi) is 4.28. The number of sulfonamides is 1. The predicted molar refractivity (Wildman–Crippen MR) is 66.1 cm³/mol. The number of carbonyl (C=O) groups is 1. The van der Waals surface area contributed by atoms with Crippen molar-refractivity contribution < 1.29 is 26.0 Å². The first-order valence-corrected chi connectivity index (χ1v) is 8.39. The maximum Gasteiger partial charge on any atom is 0.239 e. The maximum atomic E-state index is 13.5. The average molecular weight is 310 g/mol. The number of hydrogen-bond donors (Lipinski definition) is 2. The van der Waals surface area contributed by atoms with Gasteiger partial charge in [0.25, 0.3) is 0 Å². The van der Waals surface area contributed by atoms with Crippen LogP contribution in [0, 0.1) is 5.82 Å². The van der Waals surface area contributed by atoms with E-state index in [1.54, 1.807) is 0 Å². The second-order valence-corrected chi connectivity index (χ2v) is 7.51. The van der Waals surface area contributed by atoms with Crippen LogP contribution in [0.5, 0.6) is 0 Å². The van der Waals surface area contributed by atoms with Gasteiger partial charge < -0.3 is 5.32 Å². The number of amides is 1. The molecule has 0 radical (unpaired) electrons. The molecular formula is C9H11FN2O5S2. The van der Waals surface area contributed by atoms with Crippen molar-refractivity contribution in [3.8, 4) is 0 Å². The Morgan fingerprint density at radius 1 is 1.32 bits per heavy atom. The van der Waals surface area contributed by atoms with Gasteiger partial charge in [-0.15, -0.1) is 0 Å². The van der Waals surface area contributed by atoms with E-state index < -0.39 is 42.2 Å². The van der Waals surface area contributed by atoms with E-state index >= 15 is 0 Å². The summed E-state index contributed by atoms with van der Waals surface area (Å²) in [6.07, 6.45) is 0.854. The molecule has 0 aliphatic carbocycles. The first-order chi connectivity index (χ1) is 8.49. The minimum absolute atomic E-state index is 0.332. The van der Waals surface area contributed by atoms with Crippen molar-refractivity contribution >= 4 is 31.5 Å². The number of carbonyl (C=O) groups excluding carboxylic acids is 1. The van der Waals surface area contributed by atoms with Crippen LogP contribution in [0.4, 0.5) is 10.1 Å². The summed E-state index contributed by atoms with van der Waals surface area (Å²) < 4.78 is 57.1. The number of nitrogens with two attached hydrogens (primary N) is 1. The van der Waals surface area contributed by atoms with Crippen LogP contribution in [0.1, 0.15) is 0 Å². The van der Waals surface area contributed by atoms with E-state index in [0.717, 1.165) is 18.4 Å². The molecule has 10 heteroatoms. The monoisotopic (exact) mass is 310 g/mol. The number of primary sulfonamides is 1. The third-order valence-corrected chi connectivity index (χ3v) is 3.63. The number of benzene rings is 1. The minimum Gasteiger partial charge on any atom is -0.323 e. The van der Waals surface area contributed by atoms with Crippen molar-refractivity contribution in [2.24, 2.45) is 5.14 Å². The summed E-state index contributed by atoms with van der Waals surface area (Å²) in [6.45, 7) is 0. The SMILES string of the molecule is CS(=O)(=O)CC(=O)Nc1ccc(S(N)(=O)=O)cc1F. The van der Waals surface area contributed by atoms with Crippen molar-refractivity contribution in [2.45, 2.75) is 4.90 Å². The van der Waals surface area contributed by atoms with Gasteiger partial charge in [-0.3, -0.25) is 4.79 Å². The molecule has 3 N–H and O–H groups in total. The third kappa shape index (κ3) is 4.93. The summed E-state index contributed by atoms with van der Waals surface area (Å²) >= 11 is 0. The van der Waals surface area contributed by atoms with Crippen LogP contribution < -0.4 is 10.5 Å². The molecule has 7 nitrogen and oxygen atoms in total. The van der Waals surface area contributed by atoms with Gasteiger partial charge >= 0.3 is 0 Å². The fourth-order valence-corrected chi connectivity index (χ4v) is 2.27. The van der Waals surface area contributed by atoms with Gasteiger partial charge in [0, 0.05) is 6.26 Å². The fourth-order valence-electron chi connectivity index (χ4n) is 1.20. The number of hydrogen-bond acceptors (Lipinski definition) is 5. The van der Waals surface area contributed by atoms with Crippen LogP contribution in [0.3, 0.4) is 0 Å². The van der Waals surface area contributed by atoms with E-state index in [-0.39, 0.29) is 5.69 Å². The van der Waals surface area contributed by atoms with Crippen LogP contribution in [-0.4, -0.2) is 34.8 Å². The topological polar surface area (TPSA) is 123 Å². The summed E-state index contributed by atoms with van der Waals surface area (Å²) in [4.78, 5) is 10.8. The Bertz CT molecular complexity index is 712. The van der Waals surface area contributed by atoms with Crippen LogP contribution in [0.15, 0.2) is 23.1 Å². The molecule has 106 valence electrons. The molecule has 1 aromatic rings. The van der Waals surface area contributed by atoms with Gasteiger partial charge in [0.15, 0.2) is 9.84 Å². The van der Waals surface area contributed by atoms with Crippen molar-refractivity contribution in [2.75, 3.05) is 17.3 Å². The first-order valence-electron chi connectivity index (χ1n) is 4.79. The molecule has 0 saturated carbocycles. The van der Waals surface area contributed by atoms with Crippen LogP contribution in [-0.2, 0) is 24.7 Å². The van der Waals surface area contributed by atoms with E-state index in [4.69, 9.17) is 5.14 Å². The second-order valence-electron chi connectivity index (χ2n) is 3.80. The Morgan fingerprint density at radius 3 is 2.32 bits per heavy atom. The molecule has 0 aromatic heterocycles. The molecule has 1 rings (SSSR count). The smallest absolute Gasteiger partial charge is 0.239 e. The van der Waals surface area contributed by atoms with Crippen molar-refractivity contribution in [3.63, 3.8) is 0 Å². The van der Waals surface area contributed by atoms with Crippen LogP contribution >= 0.6 is 0 Å². The van der Waals surface area contributed by atoms with Gasteiger partial charge in [0.05, 0.1) is 10.6 Å². The number of nitrogens with one attached hydrogen (secondary N) is 1. The zero-order valence-corrected chi connectivity index (χ0v) is 11.4. The predicted octanol–water partition coefficient (Wildman–Crippen LogP) is -0.544. The molecule has 1 amide bonds. The molecule has 0 aliphatic heterocycles. The number of anilines is 1. The Labute approximate surface area is 109 Å². The van der Waals surface area contributed by atoms with Crippen LogP contribution in [0.2, 0.25) is 0 Å². The van der Waals surface area contributed by atoms with Gasteiger partial charge in [0.2, 0.25) is 15.9 Å². The molecule has 0 atom stereocenters. The number of halogens is 1. The molecule has 19 heavy (non-hydrogen) atoms. The highest BCUT2D eigenvalue weighted by molar-refractivity contribution is 7.91. The Morgan fingerprint density at radius 2 is 1.89 bits per heavy atom. The fraction of sp³-hybridized carbons (Fsp3) is 0.222. The Balaban J connectivity index is 2.96. The molecule has 0 saturated heterocycles. The molecule has 0 aliphatic rings. The zero-order valence-electron chi connectivity index (χ0n) is 9.75. The largest absolute Gasteiger partial charge is 0.323 e. The minimum atomic E-state index is -4.05. The molecule has 0 fully saturated rings.